The lowest BCUT2D eigenvalue weighted by molar-refractivity contribution is -0.140. The van der Waals surface area contributed by atoms with E-state index in [4.69, 9.17) is 10.5 Å². The summed E-state index contributed by atoms with van der Waals surface area (Å²) < 4.78 is 19.1. The number of amides is 1. The lowest BCUT2D eigenvalue weighted by Gasteiger charge is -2.38. The highest BCUT2D eigenvalue weighted by Gasteiger charge is 2.33. The zero-order chi connectivity index (χ0) is 16.2. The number of ether oxygens (including phenoxy) is 1. The van der Waals surface area contributed by atoms with E-state index in [-0.39, 0.29) is 42.6 Å². The molecule has 2 aliphatic rings. The van der Waals surface area contributed by atoms with Crippen LogP contribution < -0.4 is 5.73 Å². The molecule has 1 aromatic rings. The largest absolute Gasteiger partial charge is 0.379 e. The first-order valence-electron chi connectivity index (χ1n) is 8.27. The Bertz CT molecular complexity index is 550. The Balaban J connectivity index is 0.00000156. The fourth-order valence-corrected chi connectivity index (χ4v) is 3.31. The van der Waals surface area contributed by atoms with Crippen LogP contribution in [-0.2, 0) is 9.53 Å². The monoisotopic (exact) mass is 393 g/mol. The Morgan fingerprint density at radius 3 is 2.40 bits per heavy atom. The number of piperidine rings is 1. The molecule has 2 N–H and O–H groups in total. The number of nitrogens with two attached hydrogens (primary N) is 1. The van der Waals surface area contributed by atoms with Crippen LogP contribution in [0.5, 0.6) is 0 Å². The predicted molar refractivity (Wildman–Crippen MR) is 99.8 cm³/mol. The number of hydrogen-bond acceptors (Lipinski definition) is 4. The summed E-state index contributed by atoms with van der Waals surface area (Å²) in [6, 6.07) is 6.10. The van der Waals surface area contributed by atoms with E-state index < -0.39 is 6.04 Å². The first-order valence-corrected chi connectivity index (χ1v) is 8.27. The van der Waals surface area contributed by atoms with Gasteiger partial charge in [-0.15, -0.1) is 24.8 Å². The average Bonchev–Trinajstić information content (AvgIpc) is 2.57. The zero-order valence-electron chi connectivity index (χ0n) is 14.1. The van der Waals surface area contributed by atoms with Crippen LogP contribution in [0, 0.1) is 5.82 Å². The second kappa shape index (κ2) is 10.3. The smallest absolute Gasteiger partial charge is 0.244 e. The summed E-state index contributed by atoms with van der Waals surface area (Å²) in [7, 11) is 0. The summed E-state index contributed by atoms with van der Waals surface area (Å²) >= 11 is 0. The molecule has 0 radical (unpaired) electrons. The lowest BCUT2D eigenvalue weighted by Crippen LogP contribution is -2.50. The van der Waals surface area contributed by atoms with Crippen molar-refractivity contribution in [3.8, 4) is 0 Å². The van der Waals surface area contributed by atoms with E-state index in [1.165, 1.54) is 12.1 Å². The first-order chi connectivity index (χ1) is 11.1. The lowest BCUT2D eigenvalue weighted by atomic mass is 10.00. The molecular formula is C17H26Cl2FN3O2. The van der Waals surface area contributed by atoms with Crippen molar-refractivity contribution >= 4 is 30.7 Å². The van der Waals surface area contributed by atoms with Crippen LogP contribution in [0.25, 0.3) is 0 Å². The van der Waals surface area contributed by atoms with Crippen molar-refractivity contribution in [1.82, 2.24) is 9.80 Å². The molecule has 8 heteroatoms. The number of rotatable bonds is 3. The van der Waals surface area contributed by atoms with Crippen LogP contribution in [-0.4, -0.2) is 61.1 Å². The number of likely N-dealkylation sites (tertiary alicyclic amines) is 1. The zero-order valence-corrected chi connectivity index (χ0v) is 15.7. The van der Waals surface area contributed by atoms with Crippen molar-refractivity contribution < 1.29 is 13.9 Å². The highest BCUT2D eigenvalue weighted by atomic mass is 35.5. The molecular weight excluding hydrogens is 368 g/mol. The normalized spacial score (nSPS) is 20.3. The maximum Gasteiger partial charge on any atom is 0.244 e. The fraction of sp³-hybridized carbons (Fsp3) is 0.588. The van der Waals surface area contributed by atoms with Crippen LogP contribution in [0.2, 0.25) is 0 Å². The fourth-order valence-electron chi connectivity index (χ4n) is 3.31. The Morgan fingerprint density at radius 1 is 1.16 bits per heavy atom. The predicted octanol–water partition coefficient (Wildman–Crippen LogP) is 1.99. The molecule has 5 nitrogen and oxygen atoms in total. The minimum absolute atomic E-state index is 0. The van der Waals surface area contributed by atoms with Crippen LogP contribution in [0.1, 0.15) is 24.4 Å². The van der Waals surface area contributed by atoms with Crippen molar-refractivity contribution in [2.75, 3.05) is 39.4 Å². The summed E-state index contributed by atoms with van der Waals surface area (Å²) in [6.45, 7) is 3.92. The van der Waals surface area contributed by atoms with Gasteiger partial charge in [0.05, 0.1) is 13.2 Å². The van der Waals surface area contributed by atoms with Crippen LogP contribution in [0.15, 0.2) is 24.3 Å². The average molecular weight is 394 g/mol. The third-order valence-corrected chi connectivity index (χ3v) is 4.66. The molecule has 142 valence electrons. The van der Waals surface area contributed by atoms with Crippen molar-refractivity contribution in [1.29, 1.82) is 0 Å². The van der Waals surface area contributed by atoms with Gasteiger partial charge in [0.15, 0.2) is 0 Å². The molecule has 0 aromatic heterocycles. The Hall–Kier alpha value is -0.920. The quantitative estimate of drug-likeness (QED) is 0.852. The van der Waals surface area contributed by atoms with Crippen molar-refractivity contribution in [2.24, 2.45) is 5.73 Å². The van der Waals surface area contributed by atoms with E-state index in [2.05, 4.69) is 4.90 Å². The third kappa shape index (κ3) is 5.53. The van der Waals surface area contributed by atoms with Gasteiger partial charge < -0.3 is 15.4 Å². The number of benzene rings is 1. The summed E-state index contributed by atoms with van der Waals surface area (Å²) in [5.41, 5.74) is 6.65. The van der Waals surface area contributed by atoms with E-state index in [0.717, 1.165) is 12.8 Å². The van der Waals surface area contributed by atoms with Gasteiger partial charge in [0, 0.05) is 32.2 Å². The van der Waals surface area contributed by atoms with Gasteiger partial charge in [-0.1, -0.05) is 12.1 Å². The highest BCUT2D eigenvalue weighted by molar-refractivity contribution is 5.85. The van der Waals surface area contributed by atoms with E-state index >= 15 is 0 Å². The van der Waals surface area contributed by atoms with Gasteiger partial charge in [0.2, 0.25) is 5.91 Å². The van der Waals surface area contributed by atoms with Crippen molar-refractivity contribution in [3.05, 3.63) is 35.6 Å². The van der Waals surface area contributed by atoms with Crippen LogP contribution in [0.3, 0.4) is 0 Å². The minimum atomic E-state index is -0.441. The van der Waals surface area contributed by atoms with E-state index in [9.17, 15) is 9.18 Å². The van der Waals surface area contributed by atoms with Crippen molar-refractivity contribution in [2.45, 2.75) is 24.9 Å². The highest BCUT2D eigenvalue weighted by Crippen LogP contribution is 2.26. The maximum absolute atomic E-state index is 13.7. The molecule has 0 saturated carbocycles. The van der Waals surface area contributed by atoms with Gasteiger partial charge in [-0.05, 0) is 30.5 Å². The molecule has 0 spiro atoms. The minimum Gasteiger partial charge on any atom is -0.379 e. The maximum atomic E-state index is 13.7. The second-order valence-corrected chi connectivity index (χ2v) is 6.27. The summed E-state index contributed by atoms with van der Waals surface area (Å²) in [4.78, 5) is 17.1. The van der Waals surface area contributed by atoms with Crippen molar-refractivity contribution in [3.63, 3.8) is 0 Å². The van der Waals surface area contributed by atoms with E-state index in [1.807, 2.05) is 11.0 Å². The van der Waals surface area contributed by atoms with E-state index in [0.29, 0.717) is 45.0 Å². The topological polar surface area (TPSA) is 58.8 Å². The number of hydrogen-bond donors (Lipinski definition) is 1. The number of carbonyl (C=O) groups excluding carboxylic acids is 1. The molecule has 2 heterocycles. The second-order valence-electron chi connectivity index (χ2n) is 6.27. The Kier molecular flexibility index (Phi) is 9.10. The molecule has 1 amide bonds. The summed E-state index contributed by atoms with van der Waals surface area (Å²) in [5, 5.41) is 0. The van der Waals surface area contributed by atoms with Crippen LogP contribution >= 0.6 is 24.8 Å². The molecule has 2 fully saturated rings. The molecule has 25 heavy (non-hydrogen) atoms. The van der Waals surface area contributed by atoms with Gasteiger partial charge in [0.25, 0.3) is 0 Å². The molecule has 2 saturated heterocycles. The third-order valence-electron chi connectivity index (χ3n) is 4.66. The van der Waals surface area contributed by atoms with Gasteiger partial charge in [0.1, 0.15) is 11.9 Å². The van der Waals surface area contributed by atoms with E-state index in [1.54, 1.807) is 6.07 Å². The summed E-state index contributed by atoms with van der Waals surface area (Å²) in [5.74, 6) is -0.265. The number of carbonyl (C=O) groups is 1. The van der Waals surface area contributed by atoms with Gasteiger partial charge in [-0.3, -0.25) is 9.69 Å². The first kappa shape index (κ1) is 22.1. The molecule has 1 atom stereocenters. The van der Waals surface area contributed by atoms with Gasteiger partial charge in [-0.2, -0.15) is 0 Å². The number of morpholine rings is 1. The Morgan fingerprint density at radius 2 is 1.80 bits per heavy atom. The molecule has 0 bridgehead atoms. The van der Waals surface area contributed by atoms with Gasteiger partial charge in [-0.25, -0.2) is 4.39 Å². The number of nitrogens with zero attached hydrogens (tertiary/aromatic N) is 2. The Labute approximate surface area is 160 Å². The molecule has 0 aliphatic carbocycles. The SMILES string of the molecule is Cl.Cl.NC1CCN(C(=O)C(c2cccc(F)c2)N2CCOCC2)CC1. The molecule has 1 aromatic carbocycles. The molecule has 1 unspecified atom stereocenters. The van der Waals surface area contributed by atoms with Crippen LogP contribution in [0.4, 0.5) is 4.39 Å². The summed E-state index contributed by atoms with van der Waals surface area (Å²) in [6.07, 6.45) is 1.65. The molecule has 3 rings (SSSR count). The van der Waals surface area contributed by atoms with Gasteiger partial charge >= 0.3 is 0 Å². The number of halogens is 3. The molecule has 2 aliphatic heterocycles. The standard InChI is InChI=1S/C17H24FN3O2.2ClH/c18-14-3-1-2-13(12-14)16(20-8-10-23-11-9-20)17(22)21-6-4-15(19)5-7-21;;/h1-3,12,15-16H,4-11,19H2;2*1H.